The molecule has 1 aliphatic carbocycles. The van der Waals surface area contributed by atoms with E-state index in [4.69, 9.17) is 0 Å². The number of benzene rings is 1. The van der Waals surface area contributed by atoms with E-state index in [1.54, 1.807) is 12.1 Å². The van der Waals surface area contributed by atoms with Crippen LogP contribution >= 0.6 is 0 Å². The summed E-state index contributed by atoms with van der Waals surface area (Å²) in [5, 5.41) is 5.56. The molecule has 1 unspecified atom stereocenters. The maximum atomic E-state index is 13.2. The average molecular weight is 334 g/mol. The molecule has 2 rings (SSSR count). The summed E-state index contributed by atoms with van der Waals surface area (Å²) in [4.78, 5) is 23.9. The fraction of sp³-hybridized carbons (Fsp3) is 0.579. The normalized spacial score (nSPS) is 15.2. The van der Waals surface area contributed by atoms with Gasteiger partial charge in [0.25, 0.3) is 0 Å². The van der Waals surface area contributed by atoms with Gasteiger partial charge < -0.3 is 10.6 Å². The van der Waals surface area contributed by atoms with Crippen LogP contribution in [-0.4, -0.2) is 24.4 Å². The minimum Gasteiger partial charge on any atom is -0.352 e. The highest BCUT2D eigenvalue weighted by Gasteiger charge is 2.25. The highest BCUT2D eigenvalue weighted by molar-refractivity contribution is 5.85. The van der Waals surface area contributed by atoms with Crippen LogP contribution in [0.15, 0.2) is 24.3 Å². The van der Waals surface area contributed by atoms with Crippen molar-refractivity contribution in [3.05, 3.63) is 35.6 Å². The summed E-state index contributed by atoms with van der Waals surface area (Å²) in [6.07, 6.45) is 4.28. The van der Waals surface area contributed by atoms with E-state index in [1.807, 2.05) is 0 Å². The Morgan fingerprint density at radius 2 is 1.75 bits per heavy atom. The first-order chi connectivity index (χ1) is 11.5. The smallest absolute Gasteiger partial charge is 0.239 e. The van der Waals surface area contributed by atoms with Crippen molar-refractivity contribution in [1.82, 2.24) is 10.6 Å². The van der Waals surface area contributed by atoms with Gasteiger partial charge in [-0.05, 0) is 42.4 Å². The summed E-state index contributed by atoms with van der Waals surface area (Å²) in [5.74, 6) is -0.161. The summed E-state index contributed by atoms with van der Waals surface area (Å²) in [7, 11) is 0. The minimum atomic E-state index is -0.275. The van der Waals surface area contributed by atoms with Crippen LogP contribution in [0.1, 0.15) is 57.4 Å². The van der Waals surface area contributed by atoms with Crippen molar-refractivity contribution in [1.29, 1.82) is 0 Å². The van der Waals surface area contributed by atoms with Crippen molar-refractivity contribution in [2.45, 2.75) is 57.9 Å². The summed E-state index contributed by atoms with van der Waals surface area (Å²) < 4.78 is 13.2. The van der Waals surface area contributed by atoms with E-state index in [0.717, 1.165) is 31.2 Å². The lowest BCUT2D eigenvalue weighted by Gasteiger charge is -2.25. The van der Waals surface area contributed by atoms with Crippen molar-refractivity contribution in [2.75, 3.05) is 6.54 Å². The van der Waals surface area contributed by atoms with Gasteiger partial charge in [0.1, 0.15) is 5.82 Å². The first-order valence-corrected chi connectivity index (χ1v) is 8.85. The summed E-state index contributed by atoms with van der Waals surface area (Å²) in [6.45, 7) is 4.23. The Bertz CT molecular complexity index is 551. The Morgan fingerprint density at radius 1 is 1.12 bits per heavy atom. The Morgan fingerprint density at radius 3 is 2.29 bits per heavy atom. The van der Waals surface area contributed by atoms with Crippen molar-refractivity contribution >= 4 is 11.8 Å². The van der Waals surface area contributed by atoms with E-state index in [-0.39, 0.29) is 30.1 Å². The summed E-state index contributed by atoms with van der Waals surface area (Å²) >= 11 is 0. The van der Waals surface area contributed by atoms with E-state index in [9.17, 15) is 14.0 Å². The van der Waals surface area contributed by atoms with Crippen LogP contribution in [0.4, 0.5) is 4.39 Å². The van der Waals surface area contributed by atoms with Crippen LogP contribution in [0.2, 0.25) is 0 Å². The third-order valence-corrected chi connectivity index (χ3v) is 4.71. The summed E-state index contributed by atoms with van der Waals surface area (Å²) in [5.41, 5.74) is 0.975. The minimum absolute atomic E-state index is 0.0222. The molecule has 0 radical (unpaired) electrons. The van der Waals surface area contributed by atoms with Crippen LogP contribution in [0.3, 0.4) is 0 Å². The molecule has 1 fully saturated rings. The first kappa shape index (κ1) is 18.4. The molecule has 2 N–H and O–H groups in total. The second-order valence-corrected chi connectivity index (χ2v) is 6.56. The van der Waals surface area contributed by atoms with Gasteiger partial charge in [-0.25, -0.2) is 4.39 Å². The molecule has 132 valence electrons. The molecule has 0 bridgehead atoms. The lowest BCUT2D eigenvalue weighted by atomic mass is 9.80. The standard InChI is InChI=1S/C19H27FN2O2/c1-3-13(4-2)17(14-5-7-15(20)8-6-14)11-18(23)21-12-19(24)22-16-9-10-16/h5-8,13,16-17H,3-4,9-12H2,1-2H3,(H,21,23)(H,22,24). The Labute approximate surface area is 143 Å². The second-order valence-electron chi connectivity index (χ2n) is 6.56. The lowest BCUT2D eigenvalue weighted by molar-refractivity contribution is -0.126. The molecule has 0 saturated heterocycles. The highest BCUT2D eigenvalue weighted by Crippen LogP contribution is 2.32. The molecule has 4 nitrogen and oxygen atoms in total. The van der Waals surface area contributed by atoms with Gasteiger partial charge in [-0.3, -0.25) is 9.59 Å². The molecule has 1 saturated carbocycles. The molecule has 1 aromatic carbocycles. The maximum Gasteiger partial charge on any atom is 0.239 e. The molecule has 1 aliphatic rings. The van der Waals surface area contributed by atoms with Crippen LogP contribution in [0.25, 0.3) is 0 Å². The zero-order valence-electron chi connectivity index (χ0n) is 14.5. The predicted molar refractivity (Wildman–Crippen MR) is 92.0 cm³/mol. The molecule has 2 amide bonds. The van der Waals surface area contributed by atoms with Gasteiger partial charge in [0.05, 0.1) is 6.54 Å². The molecule has 0 spiro atoms. The zero-order valence-corrected chi connectivity index (χ0v) is 14.5. The van der Waals surface area contributed by atoms with Crippen molar-refractivity contribution in [3.8, 4) is 0 Å². The molecule has 0 aliphatic heterocycles. The van der Waals surface area contributed by atoms with Crippen molar-refractivity contribution < 1.29 is 14.0 Å². The first-order valence-electron chi connectivity index (χ1n) is 8.85. The molecule has 1 atom stereocenters. The monoisotopic (exact) mass is 334 g/mol. The van der Waals surface area contributed by atoms with Crippen LogP contribution in [0.5, 0.6) is 0 Å². The fourth-order valence-corrected chi connectivity index (χ4v) is 3.08. The van der Waals surface area contributed by atoms with Gasteiger partial charge in [0.15, 0.2) is 0 Å². The molecule has 5 heteroatoms. The summed E-state index contributed by atoms with van der Waals surface area (Å²) in [6, 6.07) is 6.68. The third kappa shape index (κ3) is 5.62. The number of carbonyl (C=O) groups excluding carboxylic acids is 2. The molecular formula is C19H27FN2O2. The Hall–Kier alpha value is -1.91. The topological polar surface area (TPSA) is 58.2 Å². The maximum absolute atomic E-state index is 13.2. The highest BCUT2D eigenvalue weighted by atomic mass is 19.1. The number of nitrogens with one attached hydrogen (secondary N) is 2. The SMILES string of the molecule is CCC(CC)C(CC(=O)NCC(=O)NC1CC1)c1ccc(F)cc1. The molecule has 24 heavy (non-hydrogen) atoms. The van der Waals surface area contributed by atoms with E-state index in [0.29, 0.717) is 18.4 Å². The van der Waals surface area contributed by atoms with Crippen LogP contribution in [0, 0.1) is 11.7 Å². The average Bonchev–Trinajstić information content (AvgIpc) is 3.38. The van der Waals surface area contributed by atoms with E-state index < -0.39 is 0 Å². The van der Waals surface area contributed by atoms with Gasteiger partial charge in [-0.15, -0.1) is 0 Å². The van der Waals surface area contributed by atoms with Gasteiger partial charge in [0, 0.05) is 12.5 Å². The lowest BCUT2D eigenvalue weighted by Crippen LogP contribution is -2.38. The Balaban J connectivity index is 1.94. The van der Waals surface area contributed by atoms with E-state index in [1.165, 1.54) is 12.1 Å². The zero-order chi connectivity index (χ0) is 17.5. The predicted octanol–water partition coefficient (Wildman–Crippen LogP) is 3.13. The largest absolute Gasteiger partial charge is 0.352 e. The number of amides is 2. The van der Waals surface area contributed by atoms with Gasteiger partial charge in [0.2, 0.25) is 11.8 Å². The van der Waals surface area contributed by atoms with E-state index in [2.05, 4.69) is 24.5 Å². The Kier molecular flexibility index (Phi) is 6.76. The number of hydrogen-bond donors (Lipinski definition) is 2. The molecule has 0 heterocycles. The molecule has 1 aromatic rings. The van der Waals surface area contributed by atoms with Crippen molar-refractivity contribution in [2.24, 2.45) is 5.92 Å². The van der Waals surface area contributed by atoms with Crippen LogP contribution in [-0.2, 0) is 9.59 Å². The van der Waals surface area contributed by atoms with Crippen LogP contribution < -0.4 is 10.6 Å². The molecular weight excluding hydrogens is 307 g/mol. The van der Waals surface area contributed by atoms with E-state index >= 15 is 0 Å². The number of halogens is 1. The second kappa shape index (κ2) is 8.81. The van der Waals surface area contributed by atoms with Gasteiger partial charge in [-0.2, -0.15) is 0 Å². The molecule has 0 aromatic heterocycles. The fourth-order valence-electron chi connectivity index (χ4n) is 3.08. The number of carbonyl (C=O) groups is 2. The quantitative estimate of drug-likeness (QED) is 0.729. The number of hydrogen-bond acceptors (Lipinski definition) is 2. The van der Waals surface area contributed by atoms with Gasteiger partial charge in [-0.1, -0.05) is 38.8 Å². The van der Waals surface area contributed by atoms with Gasteiger partial charge >= 0.3 is 0 Å². The third-order valence-electron chi connectivity index (χ3n) is 4.71. The number of rotatable bonds is 9. The van der Waals surface area contributed by atoms with Crippen molar-refractivity contribution in [3.63, 3.8) is 0 Å².